The smallest absolute Gasteiger partial charge is 0.231 e. The van der Waals surface area contributed by atoms with Gasteiger partial charge >= 0.3 is 0 Å². The summed E-state index contributed by atoms with van der Waals surface area (Å²) in [6.07, 6.45) is 4.23. The Morgan fingerprint density at radius 2 is 1.79 bits per heavy atom. The summed E-state index contributed by atoms with van der Waals surface area (Å²) < 4.78 is 17.0. The van der Waals surface area contributed by atoms with Crippen molar-refractivity contribution in [3.8, 4) is 17.2 Å². The van der Waals surface area contributed by atoms with Crippen molar-refractivity contribution in [3.05, 3.63) is 84.2 Å². The Morgan fingerprint density at radius 3 is 2.61 bits per heavy atom. The van der Waals surface area contributed by atoms with Gasteiger partial charge < -0.3 is 19.5 Å². The second kappa shape index (κ2) is 10.7. The van der Waals surface area contributed by atoms with Crippen LogP contribution in [0.2, 0.25) is 0 Å². The molecule has 2 aromatic carbocycles. The Morgan fingerprint density at radius 1 is 0.970 bits per heavy atom. The number of benzene rings is 2. The van der Waals surface area contributed by atoms with Crippen molar-refractivity contribution in [2.75, 3.05) is 39.6 Å². The monoisotopic (exact) mass is 445 g/mol. The lowest BCUT2D eigenvalue weighted by Crippen LogP contribution is -2.40. The number of aromatic nitrogens is 1. The van der Waals surface area contributed by atoms with E-state index in [1.807, 2.05) is 54.7 Å². The quantitative estimate of drug-likeness (QED) is 0.531. The first-order chi connectivity index (χ1) is 16.3. The zero-order valence-electron chi connectivity index (χ0n) is 18.9. The normalized spacial score (nSPS) is 17.1. The fraction of sp³-hybridized carbons (Fsp3) is 0.370. The Kier molecular flexibility index (Phi) is 7.04. The van der Waals surface area contributed by atoms with Crippen LogP contribution in [0.5, 0.6) is 17.2 Å². The van der Waals surface area contributed by atoms with Crippen molar-refractivity contribution in [2.24, 2.45) is 5.92 Å². The van der Waals surface area contributed by atoms with Gasteiger partial charge in [-0.1, -0.05) is 30.3 Å². The summed E-state index contributed by atoms with van der Waals surface area (Å²) in [6.45, 7) is 5.19. The van der Waals surface area contributed by atoms with Crippen LogP contribution in [-0.2, 0) is 0 Å². The van der Waals surface area contributed by atoms with Crippen LogP contribution in [0, 0.1) is 5.92 Å². The van der Waals surface area contributed by atoms with Crippen LogP contribution in [0.25, 0.3) is 0 Å². The lowest BCUT2D eigenvalue weighted by molar-refractivity contribution is 0.153. The molecule has 6 heteroatoms. The maximum Gasteiger partial charge on any atom is 0.231 e. The van der Waals surface area contributed by atoms with Crippen molar-refractivity contribution in [1.82, 2.24) is 15.2 Å². The largest absolute Gasteiger partial charge is 0.492 e. The predicted molar refractivity (Wildman–Crippen MR) is 128 cm³/mol. The molecule has 0 amide bonds. The van der Waals surface area contributed by atoms with Gasteiger partial charge in [0.25, 0.3) is 0 Å². The Bertz CT molecular complexity index is 1010. The molecule has 172 valence electrons. The molecular formula is C27H31N3O3. The van der Waals surface area contributed by atoms with E-state index in [0.29, 0.717) is 5.92 Å². The number of likely N-dealkylation sites (tertiary alicyclic amines) is 1. The fourth-order valence-corrected chi connectivity index (χ4v) is 4.54. The third kappa shape index (κ3) is 5.64. The molecule has 1 N–H and O–H groups in total. The lowest BCUT2D eigenvalue weighted by atomic mass is 9.95. The number of hydrogen-bond acceptors (Lipinski definition) is 6. The standard InChI is InChI=1S/C27H31N3O3/c1-2-6-23(7-3-1)31-17-16-30-14-11-21(12-15-30)19-29-27(24-8-4-5-13-28-24)22-9-10-25-26(18-22)33-20-32-25/h1-10,13,18,21,27,29H,11-12,14-17,19-20H2. The van der Waals surface area contributed by atoms with Crippen LogP contribution in [0.1, 0.15) is 30.1 Å². The summed E-state index contributed by atoms with van der Waals surface area (Å²) in [7, 11) is 0. The van der Waals surface area contributed by atoms with Crippen LogP contribution in [0.4, 0.5) is 0 Å². The number of ether oxygens (including phenoxy) is 3. The van der Waals surface area contributed by atoms with E-state index in [1.165, 1.54) is 12.8 Å². The van der Waals surface area contributed by atoms with Gasteiger partial charge in [0.2, 0.25) is 6.79 Å². The Hall–Kier alpha value is -3.09. The highest BCUT2D eigenvalue weighted by Crippen LogP contribution is 2.35. The van der Waals surface area contributed by atoms with Crippen molar-refractivity contribution >= 4 is 0 Å². The predicted octanol–water partition coefficient (Wildman–Crippen LogP) is 4.28. The molecule has 6 nitrogen and oxygen atoms in total. The first kappa shape index (κ1) is 21.7. The zero-order chi connectivity index (χ0) is 22.3. The second-order valence-corrected chi connectivity index (χ2v) is 8.66. The number of pyridine rings is 1. The van der Waals surface area contributed by atoms with Crippen molar-refractivity contribution in [3.63, 3.8) is 0 Å². The topological polar surface area (TPSA) is 55.9 Å². The van der Waals surface area contributed by atoms with Gasteiger partial charge in [0.15, 0.2) is 11.5 Å². The third-order valence-electron chi connectivity index (χ3n) is 6.45. The number of rotatable bonds is 9. The molecule has 0 bridgehead atoms. The number of para-hydroxylation sites is 1. The van der Waals surface area contributed by atoms with Gasteiger partial charge in [0.05, 0.1) is 11.7 Å². The van der Waals surface area contributed by atoms with Crippen molar-refractivity contribution < 1.29 is 14.2 Å². The van der Waals surface area contributed by atoms with Gasteiger partial charge in [-0.25, -0.2) is 0 Å². The van der Waals surface area contributed by atoms with Crippen LogP contribution in [-0.4, -0.2) is 49.5 Å². The van der Waals surface area contributed by atoms with Gasteiger partial charge in [-0.3, -0.25) is 9.88 Å². The van der Waals surface area contributed by atoms with E-state index in [1.54, 1.807) is 0 Å². The molecule has 1 atom stereocenters. The summed E-state index contributed by atoms with van der Waals surface area (Å²) in [6, 6.07) is 22.3. The van der Waals surface area contributed by atoms with E-state index in [9.17, 15) is 0 Å². The number of nitrogens with zero attached hydrogens (tertiary/aromatic N) is 2. The Labute approximate surface area is 195 Å². The molecule has 2 aliphatic rings. The van der Waals surface area contributed by atoms with Gasteiger partial charge in [-0.05, 0) is 80.4 Å². The zero-order valence-corrected chi connectivity index (χ0v) is 18.9. The molecule has 1 aromatic heterocycles. The first-order valence-electron chi connectivity index (χ1n) is 11.8. The van der Waals surface area contributed by atoms with Crippen molar-refractivity contribution in [2.45, 2.75) is 18.9 Å². The van der Waals surface area contributed by atoms with Crippen LogP contribution in [0.3, 0.4) is 0 Å². The molecule has 1 fully saturated rings. The van der Waals surface area contributed by atoms with E-state index in [-0.39, 0.29) is 12.8 Å². The summed E-state index contributed by atoms with van der Waals surface area (Å²) in [5.41, 5.74) is 2.17. The second-order valence-electron chi connectivity index (χ2n) is 8.66. The fourth-order valence-electron chi connectivity index (χ4n) is 4.54. The van der Waals surface area contributed by atoms with E-state index in [4.69, 9.17) is 14.2 Å². The van der Waals surface area contributed by atoms with E-state index >= 15 is 0 Å². The molecule has 3 heterocycles. The van der Waals surface area contributed by atoms with Gasteiger partial charge in [0, 0.05) is 12.7 Å². The molecule has 0 radical (unpaired) electrons. The molecule has 0 saturated carbocycles. The molecule has 33 heavy (non-hydrogen) atoms. The number of fused-ring (bicyclic) bond motifs is 1. The first-order valence-corrected chi connectivity index (χ1v) is 11.8. The third-order valence-corrected chi connectivity index (χ3v) is 6.45. The average Bonchev–Trinajstić information content (AvgIpc) is 3.35. The van der Waals surface area contributed by atoms with Crippen LogP contribution >= 0.6 is 0 Å². The SMILES string of the molecule is c1ccc(OCCN2CCC(CNC(c3ccc4c(c3)OCO4)c3ccccn3)CC2)cc1. The maximum absolute atomic E-state index is 5.86. The van der Waals surface area contributed by atoms with Gasteiger partial charge in [-0.15, -0.1) is 0 Å². The molecule has 2 aliphatic heterocycles. The van der Waals surface area contributed by atoms with E-state index < -0.39 is 0 Å². The number of piperidine rings is 1. The van der Waals surface area contributed by atoms with E-state index in [0.717, 1.165) is 61.3 Å². The van der Waals surface area contributed by atoms with Gasteiger partial charge in [-0.2, -0.15) is 0 Å². The molecular weight excluding hydrogens is 414 g/mol. The lowest BCUT2D eigenvalue weighted by Gasteiger charge is -2.33. The minimum atomic E-state index is 0.0259. The molecule has 1 unspecified atom stereocenters. The molecule has 0 spiro atoms. The summed E-state index contributed by atoms with van der Waals surface area (Å²) in [5.74, 6) is 3.21. The highest BCUT2D eigenvalue weighted by molar-refractivity contribution is 5.46. The molecule has 3 aromatic rings. The van der Waals surface area contributed by atoms with E-state index in [2.05, 4.69) is 33.4 Å². The minimum Gasteiger partial charge on any atom is -0.492 e. The summed E-state index contributed by atoms with van der Waals surface area (Å²) >= 11 is 0. The Balaban J connectivity index is 1.14. The maximum atomic E-state index is 5.86. The molecule has 0 aliphatic carbocycles. The minimum absolute atomic E-state index is 0.0259. The molecule has 5 rings (SSSR count). The van der Waals surface area contributed by atoms with Crippen LogP contribution < -0.4 is 19.5 Å². The van der Waals surface area contributed by atoms with Gasteiger partial charge in [0.1, 0.15) is 12.4 Å². The average molecular weight is 446 g/mol. The van der Waals surface area contributed by atoms with Crippen LogP contribution in [0.15, 0.2) is 72.9 Å². The molecule has 1 saturated heterocycles. The summed E-state index contributed by atoms with van der Waals surface area (Å²) in [4.78, 5) is 7.13. The highest BCUT2D eigenvalue weighted by atomic mass is 16.7. The van der Waals surface area contributed by atoms with Crippen molar-refractivity contribution in [1.29, 1.82) is 0 Å². The highest BCUT2D eigenvalue weighted by Gasteiger charge is 2.23. The summed E-state index contributed by atoms with van der Waals surface area (Å²) in [5, 5.41) is 3.79. The number of nitrogens with one attached hydrogen (secondary N) is 1. The number of hydrogen-bond donors (Lipinski definition) is 1.